The van der Waals surface area contributed by atoms with Crippen molar-refractivity contribution >= 4 is 41.7 Å². The van der Waals surface area contributed by atoms with Gasteiger partial charge in [-0.3, -0.25) is 14.9 Å². The van der Waals surface area contributed by atoms with Crippen LogP contribution in [-0.2, 0) is 31.9 Å². The Kier molecular flexibility index (Phi) is 19.6. The lowest BCUT2D eigenvalue weighted by Crippen LogP contribution is -2.19. The molecule has 0 spiro atoms. The maximum atomic E-state index is 10.5. The summed E-state index contributed by atoms with van der Waals surface area (Å²) in [6.07, 6.45) is 13.2. The minimum Gasteiger partial charge on any atom is -0.378 e. The number of carbonyl (C=O) groups is 3. The third-order valence-electron chi connectivity index (χ3n) is 7.15. The molecule has 49 heavy (non-hydrogen) atoms. The zero-order valence-corrected chi connectivity index (χ0v) is 29.6. The lowest BCUT2D eigenvalue weighted by Gasteiger charge is -2.09. The first-order valence-corrected chi connectivity index (χ1v) is 16.2. The maximum absolute atomic E-state index is 10.5. The van der Waals surface area contributed by atoms with Gasteiger partial charge in [-0.15, -0.1) is 0 Å². The number of H-pyrrole nitrogens is 1. The Balaban J connectivity index is 0.000000248. The van der Waals surface area contributed by atoms with E-state index in [0.717, 1.165) is 73.0 Å². The van der Waals surface area contributed by atoms with Gasteiger partial charge in [-0.1, -0.05) is 23.8 Å². The Labute approximate surface area is 289 Å². The SMILES string of the molecule is CNCC=O.CNc1ccc(/C=C/COCCOCCN(C)C)cn1.Cc1cc(C)c2[nH]ncc2c1.O=Cc1cnc2c(c1)CC(C=O)C2. The molecule has 0 saturated heterocycles. The number of ether oxygens (including phenoxy) is 2. The van der Waals surface area contributed by atoms with E-state index in [1.807, 2.05) is 63.9 Å². The van der Waals surface area contributed by atoms with Crippen LogP contribution < -0.4 is 10.6 Å². The monoisotopic (exact) mass is 673 g/mol. The van der Waals surface area contributed by atoms with Gasteiger partial charge in [0.05, 0.1) is 44.7 Å². The zero-order chi connectivity index (χ0) is 35.9. The first kappa shape index (κ1) is 40.6. The molecule has 0 saturated carbocycles. The number of pyridine rings is 2. The average molecular weight is 674 g/mol. The van der Waals surface area contributed by atoms with Crippen molar-refractivity contribution in [1.29, 1.82) is 0 Å². The summed E-state index contributed by atoms with van der Waals surface area (Å²) in [7, 11) is 7.64. The summed E-state index contributed by atoms with van der Waals surface area (Å²) in [6.45, 7) is 8.18. The quantitative estimate of drug-likeness (QED) is 0.131. The summed E-state index contributed by atoms with van der Waals surface area (Å²) < 4.78 is 10.9. The Morgan fingerprint density at radius 1 is 0.939 bits per heavy atom. The molecule has 3 aromatic heterocycles. The molecule has 0 radical (unpaired) electrons. The van der Waals surface area contributed by atoms with Crippen molar-refractivity contribution in [1.82, 2.24) is 30.4 Å². The second kappa shape index (κ2) is 23.7. The van der Waals surface area contributed by atoms with Crippen molar-refractivity contribution in [2.75, 3.05) is 73.0 Å². The maximum Gasteiger partial charge on any atom is 0.151 e. The molecule has 0 aliphatic heterocycles. The van der Waals surface area contributed by atoms with Gasteiger partial charge < -0.3 is 34.6 Å². The number of rotatable bonds is 14. The number of aldehydes is 3. The molecule has 1 aliphatic carbocycles. The normalized spacial score (nSPS) is 13.0. The summed E-state index contributed by atoms with van der Waals surface area (Å²) in [6, 6.07) is 10.1. The molecule has 3 heterocycles. The van der Waals surface area contributed by atoms with E-state index in [1.54, 1.807) is 13.2 Å². The van der Waals surface area contributed by atoms with Gasteiger partial charge in [0.15, 0.2) is 6.29 Å². The van der Waals surface area contributed by atoms with Crippen LogP contribution in [0.5, 0.6) is 0 Å². The van der Waals surface area contributed by atoms with Gasteiger partial charge in [0.25, 0.3) is 0 Å². The fraction of sp³-hybridized carbons (Fsp3) is 0.405. The first-order valence-electron chi connectivity index (χ1n) is 16.2. The summed E-state index contributed by atoms with van der Waals surface area (Å²) >= 11 is 0. The second-order valence-corrected chi connectivity index (χ2v) is 11.6. The number of likely N-dealkylation sites (N-methyl/N-ethyl adjacent to an activating group) is 2. The van der Waals surface area contributed by atoms with Crippen LogP contribution in [0.1, 0.15) is 38.3 Å². The smallest absolute Gasteiger partial charge is 0.151 e. The van der Waals surface area contributed by atoms with E-state index in [9.17, 15) is 14.4 Å². The molecule has 0 fully saturated rings. The second-order valence-electron chi connectivity index (χ2n) is 11.6. The van der Waals surface area contributed by atoms with Gasteiger partial charge in [-0.25, -0.2) is 4.98 Å². The Morgan fingerprint density at radius 2 is 1.71 bits per heavy atom. The Morgan fingerprint density at radius 3 is 2.35 bits per heavy atom. The molecule has 1 aliphatic rings. The molecule has 3 N–H and O–H groups in total. The summed E-state index contributed by atoms with van der Waals surface area (Å²) in [4.78, 5) is 40.8. The van der Waals surface area contributed by atoms with Crippen molar-refractivity contribution in [3.8, 4) is 0 Å². The van der Waals surface area contributed by atoms with E-state index in [2.05, 4.69) is 61.7 Å². The number of benzene rings is 1. The van der Waals surface area contributed by atoms with Crippen LogP contribution in [0.4, 0.5) is 5.82 Å². The third kappa shape index (κ3) is 15.9. The third-order valence-corrected chi connectivity index (χ3v) is 7.15. The Hall–Kier alpha value is -4.62. The molecule has 264 valence electrons. The number of aromatic amines is 1. The molecular weight excluding hydrogens is 622 g/mol. The van der Waals surface area contributed by atoms with Gasteiger partial charge in [-0.05, 0) is 88.8 Å². The molecule has 5 rings (SSSR count). The highest BCUT2D eigenvalue weighted by molar-refractivity contribution is 5.81. The predicted octanol–water partition coefficient (Wildman–Crippen LogP) is 4.12. The number of carbonyl (C=O) groups excluding carboxylic acids is 3. The zero-order valence-electron chi connectivity index (χ0n) is 29.6. The minimum atomic E-state index is 0.0596. The molecule has 0 amide bonds. The van der Waals surface area contributed by atoms with Crippen LogP contribution in [0.2, 0.25) is 0 Å². The number of nitrogens with one attached hydrogen (secondary N) is 3. The topological polar surface area (TPSA) is 151 Å². The van der Waals surface area contributed by atoms with E-state index in [1.165, 1.54) is 16.5 Å². The molecule has 1 aromatic carbocycles. The number of hydrogen-bond acceptors (Lipinski definition) is 11. The van der Waals surface area contributed by atoms with Gasteiger partial charge in [-0.2, -0.15) is 5.10 Å². The average Bonchev–Trinajstić information content (AvgIpc) is 3.76. The molecule has 1 atom stereocenters. The summed E-state index contributed by atoms with van der Waals surface area (Å²) in [5.74, 6) is 0.928. The fourth-order valence-corrected chi connectivity index (χ4v) is 4.64. The van der Waals surface area contributed by atoms with Crippen molar-refractivity contribution in [3.63, 3.8) is 0 Å². The molecule has 1 unspecified atom stereocenters. The van der Waals surface area contributed by atoms with Crippen molar-refractivity contribution in [2.45, 2.75) is 26.7 Å². The van der Waals surface area contributed by atoms with Crippen molar-refractivity contribution in [3.05, 3.63) is 88.5 Å². The lowest BCUT2D eigenvalue weighted by molar-refractivity contribution is -0.111. The van der Waals surface area contributed by atoms with Crippen LogP contribution in [0.3, 0.4) is 0 Å². The van der Waals surface area contributed by atoms with Crippen LogP contribution in [-0.4, -0.2) is 112 Å². The van der Waals surface area contributed by atoms with E-state index >= 15 is 0 Å². The number of nitrogens with zero attached hydrogens (tertiary/aromatic N) is 4. The van der Waals surface area contributed by atoms with Crippen LogP contribution in [0, 0.1) is 19.8 Å². The number of hydrogen-bond donors (Lipinski definition) is 3. The first-order chi connectivity index (χ1) is 23.7. The van der Waals surface area contributed by atoms with Gasteiger partial charge in [0.1, 0.15) is 18.4 Å². The Bertz CT molecular complexity index is 1570. The van der Waals surface area contributed by atoms with E-state index in [0.29, 0.717) is 31.9 Å². The highest BCUT2D eigenvalue weighted by Crippen LogP contribution is 2.24. The molecule has 12 nitrogen and oxygen atoms in total. The molecule has 4 aromatic rings. The predicted molar refractivity (Wildman–Crippen MR) is 195 cm³/mol. The standard InChI is InChI=1S/C15H25N3O2.C10H9NO2.C9H10N2.C3H7NO/c1-16-15-7-6-14(13-17-15)5-4-9-19-11-12-20-10-8-18(2)3;12-5-7-1-9-2-8(6-13)4-11-10(9)3-7;1-6-3-7(2)9-8(4-6)5-10-11-9;1-4-2-3-5/h4-7,13H,8-12H2,1-3H3,(H,16,17);2,4-7H,1,3H2;3-5H,1-2H3,(H,10,11);3-4H,2H2,1H3/b5-4+;;;. The van der Waals surface area contributed by atoms with E-state index < -0.39 is 0 Å². The number of fused-ring (bicyclic) bond motifs is 2. The van der Waals surface area contributed by atoms with Crippen LogP contribution in [0.25, 0.3) is 17.0 Å². The van der Waals surface area contributed by atoms with Crippen LogP contribution in [0.15, 0.2) is 55.0 Å². The fourth-order valence-electron chi connectivity index (χ4n) is 4.64. The van der Waals surface area contributed by atoms with Crippen molar-refractivity contribution < 1.29 is 23.9 Å². The summed E-state index contributed by atoms with van der Waals surface area (Å²) in [5, 5.41) is 13.8. The van der Waals surface area contributed by atoms with Crippen molar-refractivity contribution in [2.24, 2.45) is 5.92 Å². The number of anilines is 1. The largest absolute Gasteiger partial charge is 0.378 e. The minimum absolute atomic E-state index is 0.0596. The van der Waals surface area contributed by atoms with E-state index in [4.69, 9.17) is 9.47 Å². The highest BCUT2D eigenvalue weighted by atomic mass is 16.5. The number of aryl methyl sites for hydroxylation is 2. The molecule has 0 bridgehead atoms. The van der Waals surface area contributed by atoms with E-state index in [-0.39, 0.29) is 5.92 Å². The summed E-state index contributed by atoms with van der Waals surface area (Å²) in [5.41, 5.74) is 7.36. The molecular formula is C37H51N7O5. The van der Waals surface area contributed by atoms with Gasteiger partial charge >= 0.3 is 0 Å². The lowest BCUT2D eigenvalue weighted by atomic mass is 10.1. The van der Waals surface area contributed by atoms with Gasteiger partial charge in [0, 0.05) is 48.5 Å². The van der Waals surface area contributed by atoms with Crippen LogP contribution >= 0.6 is 0 Å². The highest BCUT2D eigenvalue weighted by Gasteiger charge is 2.22. The molecule has 12 heteroatoms. The number of aromatic nitrogens is 4. The van der Waals surface area contributed by atoms with Gasteiger partial charge in [0.2, 0.25) is 0 Å².